The van der Waals surface area contributed by atoms with Gasteiger partial charge in [-0.05, 0) is 36.5 Å². The van der Waals surface area contributed by atoms with Crippen LogP contribution in [0.1, 0.15) is 48.0 Å². The number of carbonyl (C=O) groups excluding carboxylic acids is 1. The molecule has 1 aliphatic carbocycles. The second-order valence-electron chi connectivity index (χ2n) is 8.00. The summed E-state index contributed by atoms with van der Waals surface area (Å²) in [7, 11) is 0. The molecule has 7 heteroatoms. The Kier molecular flexibility index (Phi) is 6.37. The highest BCUT2D eigenvalue weighted by Crippen LogP contribution is 2.48. The molecule has 1 fully saturated rings. The third-order valence-electron chi connectivity index (χ3n) is 6.38. The van der Waals surface area contributed by atoms with Crippen LogP contribution in [0.3, 0.4) is 0 Å². The smallest absolute Gasteiger partial charge is 0.327 e. The number of ether oxygens (including phenoxy) is 1. The van der Waals surface area contributed by atoms with Crippen molar-refractivity contribution in [1.29, 1.82) is 0 Å². The Morgan fingerprint density at radius 3 is 2.69 bits per heavy atom. The van der Waals surface area contributed by atoms with Gasteiger partial charge in [0.1, 0.15) is 11.6 Å². The zero-order valence-corrected chi connectivity index (χ0v) is 17.3. The molecule has 1 saturated carbocycles. The zero-order valence-electron chi connectivity index (χ0n) is 16.5. The average molecular weight is 384 g/mol. The molecule has 4 atom stereocenters. The number of carbonyl (C=O) groups is 1. The lowest BCUT2D eigenvalue weighted by atomic mass is 9.58. The predicted molar refractivity (Wildman–Crippen MR) is 103 cm³/mol. The Hall–Kier alpha value is -1.56. The van der Waals surface area contributed by atoms with Crippen LogP contribution in [0.25, 0.3) is 0 Å². The molecule has 0 bridgehead atoms. The SMILES string of the molecule is CCOC(=O)Cn1ncc(N[C@@H]2C[C@H](C)C(C)(C)[C@H](C)[C@H]2C)c(Cl)c1=O. The number of halogens is 1. The first-order chi connectivity index (χ1) is 12.1. The zero-order chi connectivity index (χ0) is 19.6. The van der Waals surface area contributed by atoms with Crippen LogP contribution in [0, 0.1) is 23.2 Å². The maximum Gasteiger partial charge on any atom is 0.327 e. The van der Waals surface area contributed by atoms with Gasteiger partial charge in [-0.3, -0.25) is 9.59 Å². The molecule has 0 unspecified atom stereocenters. The number of rotatable bonds is 5. The lowest BCUT2D eigenvalue weighted by Crippen LogP contribution is -2.48. The van der Waals surface area contributed by atoms with E-state index in [-0.39, 0.29) is 29.6 Å². The van der Waals surface area contributed by atoms with Gasteiger partial charge in [-0.2, -0.15) is 5.10 Å². The second-order valence-corrected chi connectivity index (χ2v) is 8.37. The minimum absolute atomic E-state index is 0.0571. The van der Waals surface area contributed by atoms with Crippen molar-refractivity contribution in [3.05, 3.63) is 21.6 Å². The fourth-order valence-corrected chi connectivity index (χ4v) is 3.97. The molecule has 1 N–H and O–H groups in total. The molecule has 0 spiro atoms. The molecule has 146 valence electrons. The lowest BCUT2D eigenvalue weighted by Gasteiger charge is -2.50. The first kappa shape index (κ1) is 20.7. The standard InChI is InChI=1S/C19H30ClN3O3/c1-7-26-16(24)10-23-18(25)17(20)15(9-21-23)22-14-8-11(2)19(5,6)13(4)12(14)3/h9,11-14,22H,7-8,10H2,1-6H3/t11-,12+,13+,14+/m0/s1. The average Bonchev–Trinajstić information content (AvgIpc) is 2.58. The second kappa shape index (κ2) is 7.99. The van der Waals surface area contributed by atoms with Gasteiger partial charge in [0.2, 0.25) is 0 Å². The number of nitrogens with zero attached hydrogens (tertiary/aromatic N) is 2. The first-order valence-corrected chi connectivity index (χ1v) is 9.65. The fourth-order valence-electron chi connectivity index (χ4n) is 3.77. The minimum Gasteiger partial charge on any atom is -0.465 e. The van der Waals surface area contributed by atoms with Crippen molar-refractivity contribution < 1.29 is 9.53 Å². The van der Waals surface area contributed by atoms with Gasteiger partial charge in [0.25, 0.3) is 5.56 Å². The maximum absolute atomic E-state index is 12.4. The fraction of sp³-hybridized carbons (Fsp3) is 0.737. The summed E-state index contributed by atoms with van der Waals surface area (Å²) in [5, 5.41) is 7.55. The molecule has 1 heterocycles. The van der Waals surface area contributed by atoms with Crippen LogP contribution < -0.4 is 10.9 Å². The van der Waals surface area contributed by atoms with Crippen molar-refractivity contribution >= 4 is 23.3 Å². The highest BCUT2D eigenvalue weighted by molar-refractivity contribution is 6.32. The van der Waals surface area contributed by atoms with Gasteiger partial charge in [-0.25, -0.2) is 4.68 Å². The van der Waals surface area contributed by atoms with E-state index in [1.807, 2.05) is 0 Å². The van der Waals surface area contributed by atoms with E-state index in [0.29, 0.717) is 23.4 Å². The summed E-state index contributed by atoms with van der Waals surface area (Å²) in [4.78, 5) is 24.0. The first-order valence-electron chi connectivity index (χ1n) is 9.27. The Morgan fingerprint density at radius 1 is 1.42 bits per heavy atom. The summed E-state index contributed by atoms with van der Waals surface area (Å²) in [6.45, 7) is 13.2. The monoisotopic (exact) mass is 383 g/mol. The van der Waals surface area contributed by atoms with E-state index >= 15 is 0 Å². The van der Waals surface area contributed by atoms with Crippen molar-refractivity contribution in [3.63, 3.8) is 0 Å². The normalized spacial score (nSPS) is 27.8. The van der Waals surface area contributed by atoms with Gasteiger partial charge in [0, 0.05) is 6.04 Å². The number of nitrogens with one attached hydrogen (secondary N) is 1. The van der Waals surface area contributed by atoms with Crippen LogP contribution in [0.4, 0.5) is 5.69 Å². The van der Waals surface area contributed by atoms with Gasteiger partial charge in [0.15, 0.2) is 0 Å². The summed E-state index contributed by atoms with van der Waals surface area (Å²) >= 11 is 6.27. The van der Waals surface area contributed by atoms with Crippen molar-refractivity contribution in [2.24, 2.45) is 23.2 Å². The topological polar surface area (TPSA) is 73.2 Å². The van der Waals surface area contributed by atoms with Crippen molar-refractivity contribution in [2.75, 3.05) is 11.9 Å². The Balaban J connectivity index is 2.19. The summed E-state index contributed by atoms with van der Waals surface area (Å²) in [5.74, 6) is 0.991. The molecule has 26 heavy (non-hydrogen) atoms. The van der Waals surface area contributed by atoms with Gasteiger partial charge in [-0.15, -0.1) is 0 Å². The molecule has 2 rings (SSSR count). The Morgan fingerprint density at radius 2 is 2.08 bits per heavy atom. The maximum atomic E-state index is 12.4. The number of anilines is 1. The molecule has 1 aromatic rings. The van der Waals surface area contributed by atoms with E-state index in [0.717, 1.165) is 11.1 Å². The van der Waals surface area contributed by atoms with Gasteiger partial charge in [0.05, 0.1) is 18.5 Å². The van der Waals surface area contributed by atoms with Crippen molar-refractivity contribution in [1.82, 2.24) is 9.78 Å². The van der Waals surface area contributed by atoms with Gasteiger partial charge in [-0.1, -0.05) is 46.2 Å². The molecule has 1 aromatic heterocycles. The third-order valence-corrected chi connectivity index (χ3v) is 6.75. The molecule has 0 aliphatic heterocycles. The summed E-state index contributed by atoms with van der Waals surface area (Å²) < 4.78 is 5.88. The summed E-state index contributed by atoms with van der Waals surface area (Å²) in [5.41, 5.74) is 0.296. The van der Waals surface area contributed by atoms with Gasteiger partial charge >= 0.3 is 5.97 Å². The van der Waals surface area contributed by atoms with Crippen LogP contribution in [0.15, 0.2) is 11.0 Å². The number of aromatic nitrogens is 2. The summed E-state index contributed by atoms with van der Waals surface area (Å²) in [6, 6.07) is 0.215. The molecule has 0 radical (unpaired) electrons. The van der Waals surface area contributed by atoms with Crippen LogP contribution in [-0.2, 0) is 16.1 Å². The van der Waals surface area contributed by atoms with Crippen molar-refractivity contribution in [2.45, 2.75) is 60.5 Å². The van der Waals surface area contributed by atoms with E-state index in [4.69, 9.17) is 16.3 Å². The molecule has 0 saturated heterocycles. The van der Waals surface area contributed by atoms with Crippen LogP contribution in [0.5, 0.6) is 0 Å². The molecule has 0 amide bonds. The highest BCUT2D eigenvalue weighted by atomic mass is 35.5. The van der Waals surface area contributed by atoms with Crippen LogP contribution in [0.2, 0.25) is 5.02 Å². The highest BCUT2D eigenvalue weighted by Gasteiger charge is 2.43. The summed E-state index contributed by atoms with van der Waals surface area (Å²) in [6.07, 6.45) is 2.52. The van der Waals surface area contributed by atoms with E-state index in [1.165, 1.54) is 6.20 Å². The minimum atomic E-state index is -0.510. The van der Waals surface area contributed by atoms with Crippen LogP contribution in [-0.4, -0.2) is 28.4 Å². The number of hydrogen-bond acceptors (Lipinski definition) is 5. The molecule has 6 nitrogen and oxygen atoms in total. The van der Waals surface area contributed by atoms with Crippen molar-refractivity contribution in [3.8, 4) is 0 Å². The Labute approximate surface area is 160 Å². The Bertz CT molecular complexity index is 716. The van der Waals surface area contributed by atoms with Gasteiger partial charge < -0.3 is 10.1 Å². The number of hydrogen-bond donors (Lipinski definition) is 1. The van der Waals surface area contributed by atoms with E-state index in [2.05, 4.69) is 45.0 Å². The molecule has 1 aliphatic rings. The van der Waals surface area contributed by atoms with E-state index < -0.39 is 11.5 Å². The van der Waals surface area contributed by atoms with Crippen LogP contribution >= 0.6 is 11.6 Å². The van der Waals surface area contributed by atoms with E-state index in [1.54, 1.807) is 6.92 Å². The molecule has 0 aromatic carbocycles. The van der Waals surface area contributed by atoms with E-state index in [9.17, 15) is 9.59 Å². The predicted octanol–water partition coefficient (Wildman–Crippen LogP) is 3.58. The molecular weight excluding hydrogens is 354 g/mol. The molecular formula is C19H30ClN3O3. The third kappa shape index (κ3) is 4.05. The number of esters is 1. The quantitative estimate of drug-likeness (QED) is 0.786. The lowest BCUT2D eigenvalue weighted by molar-refractivity contribution is -0.144. The largest absolute Gasteiger partial charge is 0.465 e.